The number of anilines is 1. The van der Waals surface area contributed by atoms with Crippen LogP contribution in [0.15, 0.2) is 23.1 Å². The van der Waals surface area contributed by atoms with E-state index in [9.17, 15) is 23.3 Å². The highest BCUT2D eigenvalue weighted by Crippen LogP contribution is 2.25. The third-order valence-electron chi connectivity index (χ3n) is 2.55. The molecule has 0 radical (unpaired) electrons. The van der Waals surface area contributed by atoms with Crippen molar-refractivity contribution in [3.05, 3.63) is 28.3 Å². The maximum Gasteiger partial charge on any atom is 0.289 e. The molecule has 0 aliphatic carbocycles. The molecular weight excluding hydrogens is 300 g/mol. The van der Waals surface area contributed by atoms with Crippen LogP contribution >= 0.6 is 0 Å². The minimum absolute atomic E-state index is 0.0617. The van der Waals surface area contributed by atoms with Gasteiger partial charge in [-0.2, -0.15) is 4.72 Å². The molecule has 0 saturated heterocycles. The van der Waals surface area contributed by atoms with Gasteiger partial charge in [0, 0.05) is 18.3 Å². The summed E-state index contributed by atoms with van der Waals surface area (Å²) in [5.74, 6) is -0.535. The average molecular weight is 316 g/mol. The number of nitrogens with zero attached hydrogens (tertiary/aromatic N) is 1. The fourth-order valence-electron chi connectivity index (χ4n) is 1.57. The SMILES string of the molecule is CCNC(=O)C(C)NS(=O)(=O)c1cc(N)ccc1[N+](=O)[O-]. The molecule has 0 aliphatic heterocycles. The molecule has 1 aromatic rings. The van der Waals surface area contributed by atoms with E-state index in [1.165, 1.54) is 13.0 Å². The first-order chi connectivity index (χ1) is 9.69. The number of nitrogen functional groups attached to an aromatic ring is 1. The Balaban J connectivity index is 3.16. The quantitative estimate of drug-likeness (QED) is 0.382. The number of nitrogens with two attached hydrogens (primary N) is 1. The van der Waals surface area contributed by atoms with Gasteiger partial charge < -0.3 is 11.1 Å². The number of nitrogens with one attached hydrogen (secondary N) is 2. The highest BCUT2D eigenvalue weighted by atomic mass is 32.2. The molecule has 0 heterocycles. The molecule has 9 nitrogen and oxygen atoms in total. The maximum atomic E-state index is 12.2. The van der Waals surface area contributed by atoms with Gasteiger partial charge in [-0.1, -0.05) is 0 Å². The molecule has 21 heavy (non-hydrogen) atoms. The van der Waals surface area contributed by atoms with Crippen molar-refractivity contribution >= 4 is 27.3 Å². The first-order valence-corrected chi connectivity index (χ1v) is 7.51. The van der Waals surface area contributed by atoms with E-state index in [-0.39, 0.29) is 5.69 Å². The van der Waals surface area contributed by atoms with E-state index >= 15 is 0 Å². The lowest BCUT2D eigenvalue weighted by Crippen LogP contribution is -2.44. The molecule has 0 spiro atoms. The van der Waals surface area contributed by atoms with Crippen molar-refractivity contribution in [3.63, 3.8) is 0 Å². The fourth-order valence-corrected chi connectivity index (χ4v) is 2.98. The first kappa shape index (κ1) is 16.9. The largest absolute Gasteiger partial charge is 0.399 e. The van der Waals surface area contributed by atoms with Crippen LogP contribution in [0, 0.1) is 10.1 Å². The highest BCUT2D eigenvalue weighted by Gasteiger charge is 2.29. The Morgan fingerprint density at radius 3 is 2.62 bits per heavy atom. The Morgan fingerprint density at radius 1 is 1.48 bits per heavy atom. The first-order valence-electron chi connectivity index (χ1n) is 6.03. The number of benzene rings is 1. The maximum absolute atomic E-state index is 12.2. The van der Waals surface area contributed by atoms with E-state index < -0.39 is 37.5 Å². The van der Waals surface area contributed by atoms with Crippen LogP contribution < -0.4 is 15.8 Å². The standard InChI is InChI=1S/C11H16N4O5S/c1-3-13-11(16)7(2)14-21(19,20)10-6-8(12)4-5-9(10)15(17)18/h4-7,14H,3,12H2,1-2H3,(H,13,16). The van der Waals surface area contributed by atoms with Gasteiger partial charge in [0.05, 0.1) is 11.0 Å². The third kappa shape index (κ3) is 4.13. The van der Waals surface area contributed by atoms with Crippen molar-refractivity contribution in [2.24, 2.45) is 0 Å². The number of hydrogen-bond acceptors (Lipinski definition) is 6. The van der Waals surface area contributed by atoms with Gasteiger partial charge in [-0.3, -0.25) is 14.9 Å². The van der Waals surface area contributed by atoms with Crippen LogP contribution in [0.3, 0.4) is 0 Å². The molecule has 116 valence electrons. The number of nitro benzene ring substituents is 1. The van der Waals surface area contributed by atoms with Crippen LogP contribution in [-0.2, 0) is 14.8 Å². The number of carbonyl (C=O) groups is 1. The lowest BCUT2D eigenvalue weighted by Gasteiger charge is -2.14. The van der Waals surface area contributed by atoms with E-state index in [2.05, 4.69) is 10.0 Å². The second-order valence-electron chi connectivity index (χ2n) is 4.22. The highest BCUT2D eigenvalue weighted by molar-refractivity contribution is 7.89. The summed E-state index contributed by atoms with van der Waals surface area (Å²) in [6.07, 6.45) is 0. The summed E-state index contributed by atoms with van der Waals surface area (Å²) in [6, 6.07) is 2.13. The third-order valence-corrected chi connectivity index (χ3v) is 4.12. The van der Waals surface area contributed by atoms with Gasteiger partial charge in [-0.25, -0.2) is 8.42 Å². The topological polar surface area (TPSA) is 144 Å². The van der Waals surface area contributed by atoms with Crippen LogP contribution in [0.4, 0.5) is 11.4 Å². The van der Waals surface area contributed by atoms with Crippen LogP contribution in [0.1, 0.15) is 13.8 Å². The summed E-state index contributed by atoms with van der Waals surface area (Å²) >= 11 is 0. The number of sulfonamides is 1. The average Bonchev–Trinajstić information content (AvgIpc) is 2.38. The van der Waals surface area contributed by atoms with Crippen molar-refractivity contribution in [1.29, 1.82) is 0 Å². The van der Waals surface area contributed by atoms with Gasteiger partial charge >= 0.3 is 0 Å². The van der Waals surface area contributed by atoms with E-state index in [1.54, 1.807) is 6.92 Å². The summed E-state index contributed by atoms with van der Waals surface area (Å²) in [5, 5.41) is 13.3. The van der Waals surface area contributed by atoms with Gasteiger partial charge in [-0.15, -0.1) is 0 Å². The molecule has 4 N–H and O–H groups in total. The zero-order valence-corrected chi connectivity index (χ0v) is 12.3. The second-order valence-corrected chi connectivity index (χ2v) is 5.90. The minimum atomic E-state index is -4.25. The lowest BCUT2D eigenvalue weighted by atomic mass is 10.3. The predicted molar refractivity (Wildman–Crippen MR) is 76.0 cm³/mol. The van der Waals surface area contributed by atoms with Gasteiger partial charge in [0.2, 0.25) is 15.9 Å². The predicted octanol–water partition coefficient (Wildman–Crippen LogP) is -0.0201. The number of likely N-dealkylation sites (N-methyl/N-ethyl adjacent to an activating group) is 1. The van der Waals surface area contributed by atoms with E-state index in [1.807, 2.05) is 0 Å². The van der Waals surface area contributed by atoms with Crippen molar-refractivity contribution in [1.82, 2.24) is 10.0 Å². The molecule has 0 bridgehead atoms. The zero-order chi connectivity index (χ0) is 16.2. The smallest absolute Gasteiger partial charge is 0.289 e. The molecule has 0 aliphatic rings. The fraction of sp³-hybridized carbons (Fsp3) is 0.364. The van der Waals surface area contributed by atoms with Crippen molar-refractivity contribution in [2.75, 3.05) is 12.3 Å². The summed E-state index contributed by atoms with van der Waals surface area (Å²) in [6.45, 7) is 3.35. The Bertz CT molecular complexity index is 659. The summed E-state index contributed by atoms with van der Waals surface area (Å²) in [7, 11) is -4.25. The molecule has 1 aromatic carbocycles. The van der Waals surface area contributed by atoms with Crippen LogP contribution in [0.2, 0.25) is 0 Å². The molecule has 1 unspecified atom stereocenters. The van der Waals surface area contributed by atoms with Crippen molar-refractivity contribution in [3.8, 4) is 0 Å². The van der Waals surface area contributed by atoms with E-state index in [0.717, 1.165) is 12.1 Å². The van der Waals surface area contributed by atoms with E-state index in [0.29, 0.717) is 6.54 Å². The van der Waals surface area contributed by atoms with Crippen LogP contribution in [-0.4, -0.2) is 31.8 Å². The number of rotatable bonds is 6. The molecule has 1 rings (SSSR count). The number of carbonyl (C=O) groups excluding carboxylic acids is 1. The lowest BCUT2D eigenvalue weighted by molar-refractivity contribution is -0.387. The molecule has 0 aromatic heterocycles. The Labute approximate surface area is 121 Å². The summed E-state index contributed by atoms with van der Waals surface area (Å²) in [4.78, 5) is 21.0. The van der Waals surface area contributed by atoms with E-state index in [4.69, 9.17) is 5.73 Å². The van der Waals surface area contributed by atoms with Crippen LogP contribution in [0.25, 0.3) is 0 Å². The molecule has 0 fully saturated rings. The molecule has 0 saturated carbocycles. The van der Waals surface area contributed by atoms with Gasteiger partial charge in [0.1, 0.15) is 0 Å². The monoisotopic (exact) mass is 316 g/mol. The number of hydrogen-bond donors (Lipinski definition) is 3. The van der Waals surface area contributed by atoms with Crippen LogP contribution in [0.5, 0.6) is 0 Å². The molecule has 1 atom stereocenters. The summed E-state index contributed by atoms with van der Waals surface area (Å²) in [5.41, 5.74) is 4.92. The normalized spacial score (nSPS) is 12.7. The minimum Gasteiger partial charge on any atom is -0.399 e. The molecule has 1 amide bonds. The van der Waals surface area contributed by atoms with Gasteiger partial charge in [-0.05, 0) is 26.0 Å². The Hall–Kier alpha value is -2.20. The zero-order valence-electron chi connectivity index (χ0n) is 11.5. The van der Waals surface area contributed by atoms with Gasteiger partial charge in [0.25, 0.3) is 5.69 Å². The number of nitro groups is 1. The van der Waals surface area contributed by atoms with Crippen molar-refractivity contribution < 1.29 is 18.1 Å². The second kappa shape index (κ2) is 6.50. The Morgan fingerprint density at radius 2 is 2.10 bits per heavy atom. The van der Waals surface area contributed by atoms with Crippen molar-refractivity contribution in [2.45, 2.75) is 24.8 Å². The molecule has 10 heteroatoms. The number of amides is 1. The van der Waals surface area contributed by atoms with Gasteiger partial charge in [0.15, 0.2) is 4.90 Å². The Kier molecular flexibility index (Phi) is 5.22. The summed E-state index contributed by atoms with van der Waals surface area (Å²) < 4.78 is 26.4. The molecular formula is C11H16N4O5S.